The van der Waals surface area contributed by atoms with Crippen molar-refractivity contribution in [2.45, 2.75) is 69.6 Å². The molecule has 3 fully saturated rings. The molecule has 2 saturated heterocycles. The molecule has 1 saturated carbocycles. The van der Waals surface area contributed by atoms with Crippen LogP contribution in [-0.4, -0.2) is 51.4 Å². The molecule has 5 rings (SSSR count). The molecular formula is C24H30N4O3. The van der Waals surface area contributed by atoms with Crippen molar-refractivity contribution >= 4 is 17.1 Å². The maximum absolute atomic E-state index is 12.8. The first-order chi connectivity index (χ1) is 15.0. The summed E-state index contributed by atoms with van der Waals surface area (Å²) in [5.74, 6) is 0.410. The summed E-state index contributed by atoms with van der Waals surface area (Å²) in [6.07, 6.45) is 8.64. The van der Waals surface area contributed by atoms with Gasteiger partial charge in [-0.3, -0.25) is 0 Å². The van der Waals surface area contributed by atoms with Gasteiger partial charge < -0.3 is 18.9 Å². The third-order valence-electron chi connectivity index (χ3n) is 7.46. The van der Waals surface area contributed by atoms with Crippen LogP contribution in [0.2, 0.25) is 0 Å². The number of aromatic nitrogens is 2. The van der Waals surface area contributed by atoms with E-state index in [0.717, 1.165) is 69.1 Å². The Bertz CT molecular complexity index is 1020. The summed E-state index contributed by atoms with van der Waals surface area (Å²) in [6, 6.07) is 7.82. The zero-order valence-corrected chi connectivity index (χ0v) is 18.2. The van der Waals surface area contributed by atoms with Crippen LogP contribution in [0.1, 0.15) is 57.4 Å². The van der Waals surface area contributed by atoms with E-state index in [9.17, 15) is 10.1 Å². The van der Waals surface area contributed by atoms with Gasteiger partial charge in [0.15, 0.2) is 0 Å². The summed E-state index contributed by atoms with van der Waals surface area (Å²) in [6.45, 7) is 5.06. The quantitative estimate of drug-likeness (QED) is 0.720. The Hall–Kier alpha value is -2.59. The minimum atomic E-state index is -0.387. The molecule has 1 unspecified atom stereocenters. The number of carbonyl (C=O) groups is 1. The van der Waals surface area contributed by atoms with Crippen molar-refractivity contribution < 1.29 is 14.3 Å². The van der Waals surface area contributed by atoms with Crippen molar-refractivity contribution in [1.82, 2.24) is 14.5 Å². The minimum Gasteiger partial charge on any atom is -0.441 e. The molecule has 1 aromatic heterocycles. The van der Waals surface area contributed by atoms with Crippen LogP contribution in [0.4, 0.5) is 4.79 Å². The van der Waals surface area contributed by atoms with E-state index >= 15 is 0 Å². The van der Waals surface area contributed by atoms with E-state index in [4.69, 9.17) is 9.47 Å². The van der Waals surface area contributed by atoms with Crippen LogP contribution >= 0.6 is 0 Å². The summed E-state index contributed by atoms with van der Waals surface area (Å²) in [4.78, 5) is 19.1. The zero-order chi connectivity index (χ0) is 21.5. The molecule has 3 atom stereocenters. The van der Waals surface area contributed by atoms with Crippen molar-refractivity contribution in [3.05, 3.63) is 30.1 Å². The fraction of sp³-hybridized carbons (Fsp3) is 0.625. The molecule has 0 radical (unpaired) electrons. The zero-order valence-electron chi connectivity index (χ0n) is 18.2. The highest BCUT2D eigenvalue weighted by Gasteiger charge is 2.50. The van der Waals surface area contributed by atoms with Crippen molar-refractivity contribution in [3.8, 4) is 6.07 Å². The molecule has 2 aromatic rings. The van der Waals surface area contributed by atoms with Gasteiger partial charge in [-0.25, -0.2) is 9.78 Å². The van der Waals surface area contributed by atoms with E-state index in [0.29, 0.717) is 24.6 Å². The molecule has 0 bridgehead atoms. The summed E-state index contributed by atoms with van der Waals surface area (Å²) >= 11 is 0. The lowest BCUT2D eigenvalue weighted by atomic mass is 9.77. The molecule has 1 aromatic carbocycles. The lowest BCUT2D eigenvalue weighted by Crippen LogP contribution is -2.45. The minimum absolute atomic E-state index is 0.185. The number of benzene rings is 1. The Kier molecular flexibility index (Phi) is 5.13. The maximum Gasteiger partial charge on any atom is 0.410 e. The normalized spacial score (nSPS) is 30.8. The molecule has 2 aliphatic heterocycles. The number of hydrogen-bond acceptors (Lipinski definition) is 5. The van der Waals surface area contributed by atoms with Crippen molar-refractivity contribution in [1.29, 1.82) is 5.26 Å². The van der Waals surface area contributed by atoms with Crippen LogP contribution in [0.3, 0.4) is 0 Å². The molecular weight excluding hydrogens is 392 g/mol. The van der Waals surface area contributed by atoms with Crippen LogP contribution in [0, 0.1) is 17.2 Å². The van der Waals surface area contributed by atoms with E-state index in [-0.39, 0.29) is 17.3 Å². The lowest BCUT2D eigenvalue weighted by molar-refractivity contribution is -0.0174. The van der Waals surface area contributed by atoms with Crippen molar-refractivity contribution in [2.75, 3.05) is 19.7 Å². The molecule has 1 spiro atoms. The molecule has 1 aliphatic carbocycles. The van der Waals surface area contributed by atoms with E-state index in [2.05, 4.69) is 22.5 Å². The molecule has 0 N–H and O–H groups in total. The van der Waals surface area contributed by atoms with Crippen molar-refractivity contribution in [3.63, 3.8) is 0 Å². The predicted octanol–water partition coefficient (Wildman–Crippen LogP) is 4.25. The number of rotatable bonds is 5. The highest BCUT2D eigenvalue weighted by molar-refractivity contribution is 5.77. The first-order valence-electron chi connectivity index (χ1n) is 11.5. The number of fused-ring (bicyclic) bond motifs is 1. The van der Waals surface area contributed by atoms with Crippen LogP contribution in [-0.2, 0) is 16.0 Å². The molecule has 3 heterocycles. The van der Waals surface area contributed by atoms with Crippen LogP contribution in [0.15, 0.2) is 24.5 Å². The molecule has 31 heavy (non-hydrogen) atoms. The maximum atomic E-state index is 12.8. The monoisotopic (exact) mass is 422 g/mol. The van der Waals surface area contributed by atoms with Crippen LogP contribution < -0.4 is 0 Å². The summed E-state index contributed by atoms with van der Waals surface area (Å²) in [5, 5.41) is 9.23. The Morgan fingerprint density at radius 2 is 2.23 bits per heavy atom. The fourth-order valence-corrected chi connectivity index (χ4v) is 5.82. The highest BCUT2D eigenvalue weighted by atomic mass is 16.6. The SMILES string of the molecule is CCC1(CN2C[C@@]3(CCC[C@H](Cn4cnc5ccc(C#N)cc54)C3)OC2=O)CCCO1. The Balaban J connectivity index is 1.29. The van der Waals surface area contributed by atoms with Gasteiger partial charge in [0.25, 0.3) is 0 Å². The van der Waals surface area contributed by atoms with Crippen molar-refractivity contribution in [2.24, 2.45) is 5.92 Å². The second-order valence-electron chi connectivity index (χ2n) is 9.57. The molecule has 3 aliphatic rings. The van der Waals surface area contributed by atoms with Gasteiger partial charge in [-0.1, -0.05) is 6.92 Å². The van der Waals surface area contributed by atoms with Gasteiger partial charge in [-0.05, 0) is 69.1 Å². The smallest absolute Gasteiger partial charge is 0.410 e. The van der Waals surface area contributed by atoms with Gasteiger partial charge in [0.1, 0.15) is 5.60 Å². The number of imidazole rings is 1. The third-order valence-corrected chi connectivity index (χ3v) is 7.46. The summed E-state index contributed by atoms with van der Waals surface area (Å²) in [7, 11) is 0. The van der Waals surface area contributed by atoms with Gasteiger partial charge in [0.2, 0.25) is 0 Å². The molecule has 1 amide bonds. The first-order valence-corrected chi connectivity index (χ1v) is 11.5. The van der Waals surface area contributed by atoms with Gasteiger partial charge in [0, 0.05) is 13.2 Å². The van der Waals surface area contributed by atoms with Crippen LogP contribution in [0.25, 0.3) is 11.0 Å². The third kappa shape index (κ3) is 3.78. The first kappa shape index (κ1) is 20.3. The van der Waals surface area contributed by atoms with E-state index in [1.165, 1.54) is 0 Å². The molecule has 7 heteroatoms. The number of hydrogen-bond donors (Lipinski definition) is 0. The van der Waals surface area contributed by atoms with Crippen LogP contribution in [0.5, 0.6) is 0 Å². The van der Waals surface area contributed by atoms with E-state index < -0.39 is 0 Å². The summed E-state index contributed by atoms with van der Waals surface area (Å²) in [5.41, 5.74) is 1.96. The second kappa shape index (κ2) is 7.83. The fourth-order valence-electron chi connectivity index (χ4n) is 5.82. The summed E-state index contributed by atoms with van der Waals surface area (Å²) < 4.78 is 14.2. The van der Waals surface area contributed by atoms with Gasteiger partial charge in [-0.2, -0.15) is 5.26 Å². The largest absolute Gasteiger partial charge is 0.441 e. The number of amides is 1. The standard InChI is InChI=1S/C24H30N4O3/c1-2-23(9-4-10-30-23)15-28-16-24(31-22(28)29)8-3-5-19(12-24)14-27-17-26-20-7-6-18(13-25)11-21(20)27/h6-7,11,17,19H,2-5,8-10,12,14-16H2,1H3/t19-,23?,24-/m0/s1. The predicted molar refractivity (Wildman–Crippen MR) is 115 cm³/mol. The Morgan fingerprint density at radius 1 is 1.32 bits per heavy atom. The highest BCUT2D eigenvalue weighted by Crippen LogP contribution is 2.42. The Morgan fingerprint density at radius 3 is 3.00 bits per heavy atom. The number of nitriles is 1. The van der Waals surface area contributed by atoms with Gasteiger partial charge in [0.05, 0.1) is 47.7 Å². The Labute approximate surface area is 182 Å². The number of nitrogens with zero attached hydrogens (tertiary/aromatic N) is 4. The molecule has 7 nitrogen and oxygen atoms in total. The lowest BCUT2D eigenvalue weighted by Gasteiger charge is -2.36. The number of carbonyl (C=O) groups excluding carboxylic acids is 1. The van der Waals surface area contributed by atoms with E-state index in [1.807, 2.05) is 23.4 Å². The average Bonchev–Trinajstić information content (AvgIpc) is 3.47. The van der Waals surface area contributed by atoms with E-state index in [1.54, 1.807) is 6.07 Å². The topological polar surface area (TPSA) is 80.4 Å². The average molecular weight is 423 g/mol. The van der Waals surface area contributed by atoms with Gasteiger partial charge >= 0.3 is 6.09 Å². The van der Waals surface area contributed by atoms with Gasteiger partial charge in [-0.15, -0.1) is 0 Å². The number of ether oxygens (including phenoxy) is 2. The molecule has 164 valence electrons. The second-order valence-corrected chi connectivity index (χ2v) is 9.57.